The molecular weight excluding hydrogens is 220 g/mol. The molecule has 4 heteroatoms. The van der Waals surface area contributed by atoms with Gasteiger partial charge in [-0.15, -0.1) is 0 Å². The number of Topliss-reactive ketones (excluding diaryl/α,β-unsaturated/α-hetero) is 2. The second-order valence-corrected chi connectivity index (χ2v) is 3.71. The highest BCUT2D eigenvalue weighted by Crippen LogP contribution is 2.08. The summed E-state index contributed by atoms with van der Waals surface area (Å²) in [6.07, 6.45) is 3.33. The van der Waals surface area contributed by atoms with Crippen LogP contribution in [0.25, 0.3) is 0 Å². The fourth-order valence-corrected chi connectivity index (χ4v) is 1.08. The molecule has 1 heterocycles. The van der Waals surface area contributed by atoms with Gasteiger partial charge in [-0.2, -0.15) is 0 Å². The largest absolute Gasteiger partial charge is 0.450 e. The van der Waals surface area contributed by atoms with E-state index in [0.29, 0.717) is 6.61 Å². The van der Waals surface area contributed by atoms with Crippen molar-refractivity contribution >= 4 is 11.6 Å². The molecular formula is C13H20O4. The number of aliphatic hydroxyl groups is 1. The molecule has 0 unspecified atom stereocenters. The normalized spacial score (nSPS) is 9.41. The van der Waals surface area contributed by atoms with Crippen molar-refractivity contribution in [1.82, 2.24) is 0 Å². The van der Waals surface area contributed by atoms with E-state index in [-0.39, 0.29) is 23.1 Å². The molecule has 1 aromatic heterocycles. The van der Waals surface area contributed by atoms with Crippen molar-refractivity contribution < 1.29 is 19.1 Å². The van der Waals surface area contributed by atoms with Gasteiger partial charge in [0.2, 0.25) is 0 Å². The maximum Gasteiger partial charge on any atom is 0.194 e. The molecule has 0 saturated carbocycles. The van der Waals surface area contributed by atoms with Crippen molar-refractivity contribution in [1.29, 1.82) is 0 Å². The highest BCUT2D eigenvalue weighted by Gasteiger charge is 2.08. The fraction of sp³-hybridized carbons (Fsp3) is 0.538. The topological polar surface area (TPSA) is 67.5 Å². The summed E-state index contributed by atoms with van der Waals surface area (Å²) in [4.78, 5) is 21.4. The van der Waals surface area contributed by atoms with Crippen LogP contribution in [-0.4, -0.2) is 23.3 Å². The quantitative estimate of drug-likeness (QED) is 0.634. The molecule has 0 bridgehead atoms. The number of hydrogen-bond donors (Lipinski definition) is 1. The van der Waals surface area contributed by atoms with E-state index in [0.717, 1.165) is 12.8 Å². The Kier molecular flexibility index (Phi) is 7.97. The van der Waals surface area contributed by atoms with Crippen LogP contribution < -0.4 is 0 Å². The van der Waals surface area contributed by atoms with Gasteiger partial charge in [-0.05, 0) is 18.6 Å². The molecule has 0 amide bonds. The highest BCUT2D eigenvalue weighted by atomic mass is 16.4. The predicted molar refractivity (Wildman–Crippen MR) is 65.3 cm³/mol. The maximum absolute atomic E-state index is 10.7. The molecule has 0 aliphatic rings. The molecule has 17 heavy (non-hydrogen) atoms. The average Bonchev–Trinajstić information content (AvgIpc) is 2.76. The molecule has 0 aliphatic carbocycles. The van der Waals surface area contributed by atoms with Gasteiger partial charge in [0.1, 0.15) is 0 Å². The van der Waals surface area contributed by atoms with E-state index in [1.807, 2.05) is 0 Å². The van der Waals surface area contributed by atoms with E-state index in [1.165, 1.54) is 32.4 Å². The van der Waals surface area contributed by atoms with Crippen molar-refractivity contribution in [2.24, 2.45) is 0 Å². The zero-order valence-corrected chi connectivity index (χ0v) is 10.7. The number of furan rings is 1. The van der Waals surface area contributed by atoms with Crippen molar-refractivity contribution in [3.63, 3.8) is 0 Å². The van der Waals surface area contributed by atoms with Crippen LogP contribution in [0.4, 0.5) is 0 Å². The van der Waals surface area contributed by atoms with Crippen LogP contribution in [0.15, 0.2) is 16.5 Å². The van der Waals surface area contributed by atoms with Gasteiger partial charge in [0, 0.05) is 20.5 Å². The van der Waals surface area contributed by atoms with Gasteiger partial charge in [-0.1, -0.05) is 19.8 Å². The second-order valence-electron chi connectivity index (χ2n) is 3.71. The van der Waals surface area contributed by atoms with Crippen LogP contribution in [0.3, 0.4) is 0 Å². The third kappa shape index (κ3) is 6.68. The Bertz CT molecular complexity index is 320. The molecule has 0 atom stereocenters. The predicted octanol–water partition coefficient (Wildman–Crippen LogP) is 2.85. The van der Waals surface area contributed by atoms with E-state index in [4.69, 9.17) is 9.52 Å². The summed E-state index contributed by atoms with van der Waals surface area (Å²) in [6.45, 7) is 5.26. The summed E-state index contributed by atoms with van der Waals surface area (Å²) in [5.41, 5.74) is 0. The smallest absolute Gasteiger partial charge is 0.194 e. The number of unbranched alkanes of at least 4 members (excludes halogenated alkanes) is 2. The molecule has 0 aromatic carbocycles. The first-order chi connectivity index (χ1) is 8.02. The Morgan fingerprint density at radius 3 is 1.76 bits per heavy atom. The van der Waals surface area contributed by atoms with Crippen molar-refractivity contribution in [3.05, 3.63) is 23.7 Å². The van der Waals surface area contributed by atoms with Gasteiger partial charge in [0.15, 0.2) is 23.1 Å². The monoisotopic (exact) mass is 240 g/mol. The number of ketones is 2. The molecule has 0 spiro atoms. The van der Waals surface area contributed by atoms with Crippen LogP contribution in [0.5, 0.6) is 0 Å². The lowest BCUT2D eigenvalue weighted by molar-refractivity contribution is 0.0964. The van der Waals surface area contributed by atoms with Gasteiger partial charge >= 0.3 is 0 Å². The van der Waals surface area contributed by atoms with E-state index >= 15 is 0 Å². The van der Waals surface area contributed by atoms with Gasteiger partial charge in [0.05, 0.1) is 0 Å². The van der Waals surface area contributed by atoms with Crippen molar-refractivity contribution in [2.45, 2.75) is 40.0 Å². The number of carbonyl (C=O) groups is 2. The van der Waals surface area contributed by atoms with Gasteiger partial charge in [-0.25, -0.2) is 0 Å². The van der Waals surface area contributed by atoms with Gasteiger partial charge in [0.25, 0.3) is 0 Å². The Hall–Kier alpha value is -1.42. The molecule has 1 aromatic rings. The number of hydrogen-bond acceptors (Lipinski definition) is 4. The molecule has 1 N–H and O–H groups in total. The van der Waals surface area contributed by atoms with E-state index in [2.05, 4.69) is 6.92 Å². The van der Waals surface area contributed by atoms with Crippen LogP contribution in [0.1, 0.15) is 61.1 Å². The number of carbonyl (C=O) groups excluding carboxylic acids is 2. The summed E-state index contributed by atoms with van der Waals surface area (Å²) in [5.74, 6) is 0.125. The number of aliphatic hydroxyl groups excluding tert-OH is 1. The standard InChI is InChI=1S/C8H8O3.C5H12O/c1-5(9)7-3-4-8(11-7)6(2)10;1-2-3-4-5-6/h3-4H,1-2H3;6H,2-5H2,1H3. The minimum absolute atomic E-state index is 0.169. The van der Waals surface area contributed by atoms with E-state index < -0.39 is 0 Å². The summed E-state index contributed by atoms with van der Waals surface area (Å²) in [6, 6.07) is 3.00. The first-order valence-corrected chi connectivity index (χ1v) is 5.75. The molecule has 4 nitrogen and oxygen atoms in total. The molecule has 1 rings (SSSR count). The zero-order valence-electron chi connectivity index (χ0n) is 10.7. The highest BCUT2D eigenvalue weighted by molar-refractivity contribution is 5.95. The van der Waals surface area contributed by atoms with E-state index in [1.54, 1.807) is 0 Å². The summed E-state index contributed by atoms with van der Waals surface area (Å²) in [7, 11) is 0. The Labute approximate surface area is 102 Å². The summed E-state index contributed by atoms with van der Waals surface area (Å²) >= 11 is 0. The molecule has 0 saturated heterocycles. The van der Waals surface area contributed by atoms with Crippen LogP contribution >= 0.6 is 0 Å². The molecule has 0 radical (unpaired) electrons. The average molecular weight is 240 g/mol. The lowest BCUT2D eigenvalue weighted by Crippen LogP contribution is -1.89. The van der Waals surface area contributed by atoms with Crippen LogP contribution in [0.2, 0.25) is 0 Å². The SMILES string of the molecule is CC(=O)c1ccc(C(C)=O)o1.CCCCCO. The lowest BCUT2D eigenvalue weighted by atomic mass is 10.3. The lowest BCUT2D eigenvalue weighted by Gasteiger charge is -1.86. The van der Waals surface area contributed by atoms with Gasteiger partial charge in [-0.3, -0.25) is 9.59 Å². The Morgan fingerprint density at radius 1 is 1.12 bits per heavy atom. The van der Waals surface area contributed by atoms with Crippen molar-refractivity contribution in [2.75, 3.05) is 6.61 Å². The van der Waals surface area contributed by atoms with E-state index in [9.17, 15) is 9.59 Å². The first kappa shape index (κ1) is 15.6. The molecule has 0 aliphatic heterocycles. The Balaban J connectivity index is 0.000000366. The number of rotatable bonds is 5. The second kappa shape index (κ2) is 8.70. The maximum atomic E-state index is 10.7. The molecule has 96 valence electrons. The fourth-order valence-electron chi connectivity index (χ4n) is 1.08. The minimum Gasteiger partial charge on any atom is -0.450 e. The minimum atomic E-state index is -0.169. The van der Waals surface area contributed by atoms with Crippen LogP contribution in [0, 0.1) is 0 Å². The summed E-state index contributed by atoms with van der Waals surface area (Å²) < 4.78 is 4.91. The van der Waals surface area contributed by atoms with Gasteiger partial charge < -0.3 is 9.52 Å². The third-order valence-electron chi connectivity index (χ3n) is 2.06. The zero-order chi connectivity index (χ0) is 13.3. The molecule has 0 fully saturated rings. The Morgan fingerprint density at radius 2 is 1.59 bits per heavy atom. The van der Waals surface area contributed by atoms with Crippen LogP contribution in [-0.2, 0) is 0 Å². The first-order valence-electron chi connectivity index (χ1n) is 5.75. The third-order valence-corrected chi connectivity index (χ3v) is 2.06. The summed E-state index contributed by atoms with van der Waals surface area (Å²) in [5, 5.41) is 8.20. The van der Waals surface area contributed by atoms with Crippen molar-refractivity contribution in [3.8, 4) is 0 Å².